The standard InChI is InChI=1S/C19H14Cl2F3NO3/c1-10-7-12(28-19(22,23)24)8-11-5-6-25(17(10)11)9-14-15(20)4-3-13(16(14)21)18(26)27-2/h3-8H,9H2,1-2H3. The predicted octanol–water partition coefficient (Wildman–Crippen LogP) is 5.99. The Hall–Kier alpha value is -2.38. The van der Waals surface area contributed by atoms with E-state index in [0.717, 1.165) is 0 Å². The lowest BCUT2D eigenvalue weighted by Gasteiger charge is -2.14. The molecule has 0 atom stereocenters. The SMILES string of the molecule is COC(=O)c1ccc(Cl)c(Cn2ccc3cc(OC(F)(F)F)cc(C)c32)c1Cl. The molecule has 1 heterocycles. The van der Waals surface area contributed by atoms with Crippen LogP contribution in [0.3, 0.4) is 0 Å². The first-order chi connectivity index (χ1) is 13.1. The maximum Gasteiger partial charge on any atom is 0.573 e. The van der Waals surface area contributed by atoms with Gasteiger partial charge in [-0.25, -0.2) is 4.79 Å². The predicted molar refractivity (Wildman–Crippen MR) is 100 cm³/mol. The zero-order valence-electron chi connectivity index (χ0n) is 14.7. The molecule has 0 amide bonds. The number of carbonyl (C=O) groups is 1. The van der Waals surface area contributed by atoms with E-state index >= 15 is 0 Å². The molecular weight excluding hydrogens is 418 g/mol. The monoisotopic (exact) mass is 431 g/mol. The third-order valence-electron chi connectivity index (χ3n) is 4.18. The van der Waals surface area contributed by atoms with Crippen molar-refractivity contribution >= 4 is 40.1 Å². The van der Waals surface area contributed by atoms with Crippen molar-refractivity contribution in [3.63, 3.8) is 0 Å². The molecule has 9 heteroatoms. The van der Waals surface area contributed by atoms with Gasteiger partial charge in [0, 0.05) is 22.2 Å². The van der Waals surface area contributed by atoms with Crippen molar-refractivity contribution in [2.75, 3.05) is 7.11 Å². The fraction of sp³-hybridized carbons (Fsp3) is 0.211. The number of nitrogens with zero attached hydrogens (tertiary/aromatic N) is 1. The maximum atomic E-state index is 12.5. The van der Waals surface area contributed by atoms with Gasteiger partial charge in [0.05, 0.1) is 29.8 Å². The van der Waals surface area contributed by atoms with E-state index in [4.69, 9.17) is 27.9 Å². The van der Waals surface area contributed by atoms with Gasteiger partial charge in [-0.3, -0.25) is 0 Å². The molecule has 0 N–H and O–H groups in total. The molecule has 0 saturated carbocycles. The lowest BCUT2D eigenvalue weighted by Crippen LogP contribution is -2.17. The Kier molecular flexibility index (Phi) is 5.50. The Morgan fingerprint density at radius 1 is 1.18 bits per heavy atom. The second-order valence-electron chi connectivity index (χ2n) is 6.05. The summed E-state index contributed by atoms with van der Waals surface area (Å²) in [5, 5.41) is 1.08. The number of hydrogen-bond donors (Lipinski definition) is 0. The molecule has 0 aliphatic rings. The third kappa shape index (κ3) is 4.05. The van der Waals surface area contributed by atoms with Crippen LogP contribution in [0.15, 0.2) is 36.5 Å². The Bertz CT molecular complexity index is 1060. The molecule has 0 aliphatic carbocycles. The Morgan fingerprint density at radius 2 is 1.89 bits per heavy atom. The highest BCUT2D eigenvalue weighted by Gasteiger charge is 2.31. The normalized spacial score (nSPS) is 11.7. The molecule has 0 unspecified atom stereocenters. The third-order valence-corrected chi connectivity index (χ3v) is 4.96. The smallest absolute Gasteiger partial charge is 0.465 e. The first-order valence-electron chi connectivity index (χ1n) is 8.01. The van der Waals surface area contributed by atoms with E-state index in [2.05, 4.69) is 4.74 Å². The molecule has 0 aliphatic heterocycles. The van der Waals surface area contributed by atoms with Crippen molar-refractivity contribution < 1.29 is 27.4 Å². The molecule has 0 radical (unpaired) electrons. The lowest BCUT2D eigenvalue weighted by molar-refractivity contribution is -0.274. The van der Waals surface area contributed by atoms with Crippen LogP contribution in [0.2, 0.25) is 10.0 Å². The second-order valence-corrected chi connectivity index (χ2v) is 6.83. The van der Waals surface area contributed by atoms with Crippen molar-refractivity contribution in [3.05, 3.63) is 63.3 Å². The van der Waals surface area contributed by atoms with Gasteiger partial charge >= 0.3 is 12.3 Å². The molecule has 1 aromatic heterocycles. The van der Waals surface area contributed by atoms with Gasteiger partial charge in [0.1, 0.15) is 5.75 Å². The number of fused-ring (bicyclic) bond motifs is 1. The van der Waals surface area contributed by atoms with Gasteiger partial charge in [-0.05, 0) is 42.8 Å². The van der Waals surface area contributed by atoms with Crippen molar-refractivity contribution in [1.82, 2.24) is 4.57 Å². The van der Waals surface area contributed by atoms with Gasteiger partial charge in [-0.2, -0.15) is 0 Å². The van der Waals surface area contributed by atoms with E-state index in [1.807, 2.05) is 0 Å². The van der Waals surface area contributed by atoms with Crippen molar-refractivity contribution in [2.24, 2.45) is 0 Å². The summed E-state index contributed by atoms with van der Waals surface area (Å²) in [6.45, 7) is 1.89. The molecule has 28 heavy (non-hydrogen) atoms. The number of esters is 1. The fourth-order valence-corrected chi connectivity index (χ4v) is 3.61. The minimum absolute atomic E-state index is 0.163. The lowest BCUT2D eigenvalue weighted by atomic mass is 10.1. The van der Waals surface area contributed by atoms with Gasteiger partial charge in [0.15, 0.2) is 0 Å². The van der Waals surface area contributed by atoms with E-state index in [1.54, 1.807) is 29.8 Å². The molecule has 148 valence electrons. The highest BCUT2D eigenvalue weighted by Crippen LogP contribution is 2.33. The van der Waals surface area contributed by atoms with E-state index < -0.39 is 12.3 Å². The van der Waals surface area contributed by atoms with E-state index in [0.29, 0.717) is 27.1 Å². The van der Waals surface area contributed by atoms with Gasteiger partial charge in [-0.1, -0.05) is 23.2 Å². The zero-order valence-corrected chi connectivity index (χ0v) is 16.2. The number of hydrogen-bond acceptors (Lipinski definition) is 3. The molecule has 4 nitrogen and oxygen atoms in total. The summed E-state index contributed by atoms with van der Waals surface area (Å²) in [5.41, 5.74) is 1.96. The van der Waals surface area contributed by atoms with Crippen LogP contribution in [-0.4, -0.2) is 24.0 Å². The number of halogens is 5. The molecule has 0 fully saturated rings. The van der Waals surface area contributed by atoms with Crippen molar-refractivity contribution in [1.29, 1.82) is 0 Å². The van der Waals surface area contributed by atoms with Crippen molar-refractivity contribution in [3.8, 4) is 5.75 Å². The number of methoxy groups -OCH3 is 1. The summed E-state index contributed by atoms with van der Waals surface area (Å²) in [6, 6.07) is 7.29. The summed E-state index contributed by atoms with van der Waals surface area (Å²) >= 11 is 12.6. The highest BCUT2D eigenvalue weighted by molar-refractivity contribution is 6.38. The summed E-state index contributed by atoms with van der Waals surface area (Å²) in [7, 11) is 1.25. The number of carbonyl (C=O) groups excluding carboxylic acids is 1. The van der Waals surface area contributed by atoms with Crippen LogP contribution in [0.25, 0.3) is 10.9 Å². The Morgan fingerprint density at radius 3 is 2.54 bits per heavy atom. The number of benzene rings is 2. The van der Waals surface area contributed by atoms with E-state index in [9.17, 15) is 18.0 Å². The maximum absolute atomic E-state index is 12.5. The van der Waals surface area contributed by atoms with Gasteiger partial charge in [0.25, 0.3) is 0 Å². The van der Waals surface area contributed by atoms with Gasteiger partial charge in [0.2, 0.25) is 0 Å². The topological polar surface area (TPSA) is 40.5 Å². The summed E-state index contributed by atoms with van der Waals surface area (Å²) in [4.78, 5) is 11.9. The van der Waals surface area contributed by atoms with Gasteiger partial charge in [-0.15, -0.1) is 13.2 Å². The molecule has 3 aromatic rings. The quantitative estimate of drug-likeness (QED) is 0.476. The molecule has 0 saturated heterocycles. The van der Waals surface area contributed by atoms with E-state index in [1.165, 1.54) is 25.3 Å². The largest absolute Gasteiger partial charge is 0.573 e. The summed E-state index contributed by atoms with van der Waals surface area (Å²) in [6.07, 6.45) is -3.06. The second kappa shape index (κ2) is 7.56. The van der Waals surface area contributed by atoms with Crippen LogP contribution in [0, 0.1) is 6.92 Å². The minimum Gasteiger partial charge on any atom is -0.465 e. The zero-order chi connectivity index (χ0) is 20.6. The number of aryl methyl sites for hydroxylation is 1. The summed E-state index contributed by atoms with van der Waals surface area (Å²) < 4.78 is 48.0. The summed E-state index contributed by atoms with van der Waals surface area (Å²) in [5.74, 6) is -0.885. The van der Waals surface area contributed by atoms with Crippen LogP contribution < -0.4 is 4.74 Å². The van der Waals surface area contributed by atoms with Crippen LogP contribution in [0.5, 0.6) is 5.75 Å². The minimum atomic E-state index is -4.77. The van der Waals surface area contributed by atoms with Crippen LogP contribution in [0.4, 0.5) is 13.2 Å². The average Bonchev–Trinajstić information content (AvgIpc) is 2.99. The number of alkyl halides is 3. The first kappa shape index (κ1) is 20.4. The Labute approximate surface area is 168 Å². The fourth-order valence-electron chi connectivity index (χ4n) is 3.04. The van der Waals surface area contributed by atoms with Crippen LogP contribution in [-0.2, 0) is 11.3 Å². The number of rotatable bonds is 4. The Balaban J connectivity index is 2.04. The first-order valence-corrected chi connectivity index (χ1v) is 8.76. The van der Waals surface area contributed by atoms with Crippen LogP contribution >= 0.6 is 23.2 Å². The molecular formula is C19H14Cl2F3NO3. The van der Waals surface area contributed by atoms with E-state index in [-0.39, 0.29) is 22.9 Å². The average molecular weight is 432 g/mol. The number of ether oxygens (including phenoxy) is 2. The molecule has 3 rings (SSSR count). The van der Waals surface area contributed by atoms with Gasteiger partial charge < -0.3 is 14.0 Å². The highest BCUT2D eigenvalue weighted by atomic mass is 35.5. The molecule has 0 spiro atoms. The molecule has 2 aromatic carbocycles. The number of aromatic nitrogens is 1. The molecule has 0 bridgehead atoms. The van der Waals surface area contributed by atoms with Crippen LogP contribution in [0.1, 0.15) is 21.5 Å². The van der Waals surface area contributed by atoms with Crippen molar-refractivity contribution in [2.45, 2.75) is 19.8 Å².